The summed E-state index contributed by atoms with van der Waals surface area (Å²) in [5.74, 6) is 0.282. The summed E-state index contributed by atoms with van der Waals surface area (Å²) in [5, 5.41) is 0. The largest absolute Gasteiger partial charge is 0.443 e. The Hall–Kier alpha value is -2.85. The molecule has 41 heavy (non-hydrogen) atoms. The number of rotatable bonds is 8. The number of fused-ring (bicyclic) bond motifs is 1. The molecule has 1 fully saturated rings. The van der Waals surface area contributed by atoms with Crippen LogP contribution in [0, 0.1) is 5.92 Å². The highest BCUT2D eigenvalue weighted by Gasteiger charge is 2.31. The number of hydrogen-bond donors (Lipinski definition) is 1. The van der Waals surface area contributed by atoms with Gasteiger partial charge in [-0.1, -0.05) is 42.5 Å². The molecule has 5 rings (SSSR count). The fraction of sp³-hybridized carbons (Fsp3) is 0.500. The average molecular weight is 579 g/mol. The number of piperidine rings is 1. The van der Waals surface area contributed by atoms with Gasteiger partial charge in [0.2, 0.25) is 0 Å². The molecule has 4 unspecified atom stereocenters. The third kappa shape index (κ3) is 7.92. The quantitative estimate of drug-likeness (QED) is 0.378. The summed E-state index contributed by atoms with van der Waals surface area (Å²) in [5.41, 5.74) is 4.68. The molecule has 0 spiro atoms. The molecule has 2 aromatic carbocycles. The summed E-state index contributed by atoms with van der Waals surface area (Å²) in [6, 6.07) is 16.8. The summed E-state index contributed by atoms with van der Waals surface area (Å²) in [4.78, 5) is 19.5. The summed E-state index contributed by atoms with van der Waals surface area (Å²) < 4.78 is 28.7. The van der Waals surface area contributed by atoms with Gasteiger partial charge in [0.15, 0.2) is 0 Å². The first-order chi connectivity index (χ1) is 19.6. The minimum absolute atomic E-state index is 0.172. The minimum atomic E-state index is -1.05. The number of carbonyl (C=O) groups is 1. The lowest BCUT2D eigenvalue weighted by molar-refractivity contribution is -0.00324. The third-order valence-corrected chi connectivity index (χ3v) is 8.44. The molecule has 1 aromatic heterocycles. The highest BCUT2D eigenvalue weighted by atomic mass is 32.2. The number of benzene rings is 2. The van der Waals surface area contributed by atoms with Crippen LogP contribution in [0.25, 0.3) is 16.6 Å². The number of ether oxygens (including phenoxy) is 2. The maximum atomic E-state index is 12.6. The van der Waals surface area contributed by atoms with Crippen LogP contribution in [0.3, 0.4) is 0 Å². The van der Waals surface area contributed by atoms with Gasteiger partial charge in [-0.15, -0.1) is 0 Å². The zero-order valence-electron chi connectivity index (χ0n) is 24.5. The Morgan fingerprint density at radius 3 is 2.66 bits per heavy atom. The van der Waals surface area contributed by atoms with Crippen molar-refractivity contribution in [2.24, 2.45) is 5.92 Å². The van der Waals surface area contributed by atoms with Gasteiger partial charge in [0, 0.05) is 37.8 Å². The second kappa shape index (κ2) is 13.0. The molecule has 3 aromatic rings. The Labute approximate surface area is 245 Å². The van der Waals surface area contributed by atoms with E-state index in [9.17, 15) is 9.00 Å². The number of likely N-dealkylation sites (tertiary alicyclic amines) is 1. The van der Waals surface area contributed by atoms with E-state index in [1.807, 2.05) is 32.9 Å². The van der Waals surface area contributed by atoms with Crippen LogP contribution in [-0.2, 0) is 27.0 Å². The Kier molecular flexibility index (Phi) is 9.38. The molecule has 4 atom stereocenters. The lowest BCUT2D eigenvalue weighted by Crippen LogP contribution is -2.51. The van der Waals surface area contributed by atoms with E-state index in [0.717, 1.165) is 61.9 Å². The highest BCUT2D eigenvalue weighted by molar-refractivity contribution is 7.82. The Bertz CT molecular complexity index is 1400. The van der Waals surface area contributed by atoms with E-state index in [4.69, 9.17) is 9.47 Å². The van der Waals surface area contributed by atoms with Crippen LogP contribution >= 0.6 is 0 Å². The maximum absolute atomic E-state index is 12.6. The molecule has 0 bridgehead atoms. The molecule has 8 nitrogen and oxygen atoms in total. The number of hydrogen-bond acceptors (Lipinski definition) is 6. The van der Waals surface area contributed by atoms with E-state index in [1.165, 1.54) is 22.0 Å². The van der Waals surface area contributed by atoms with Crippen LogP contribution < -0.4 is 4.72 Å². The molecule has 1 aliphatic carbocycles. The smallest absolute Gasteiger partial charge is 0.420 e. The number of allylic oxidation sites excluding steroid dienone is 1. The summed E-state index contributed by atoms with van der Waals surface area (Å²) in [6.07, 6.45) is 8.96. The van der Waals surface area contributed by atoms with Gasteiger partial charge in [-0.25, -0.2) is 23.3 Å². The van der Waals surface area contributed by atoms with Gasteiger partial charge in [0.25, 0.3) is 0 Å². The van der Waals surface area contributed by atoms with E-state index in [1.54, 1.807) is 6.26 Å². The van der Waals surface area contributed by atoms with Gasteiger partial charge in [-0.2, -0.15) is 0 Å². The first kappa shape index (κ1) is 29.6. The first-order valence-electron chi connectivity index (χ1n) is 14.5. The molecule has 0 saturated carbocycles. The number of imidazole rings is 1. The molecular weight excluding hydrogens is 536 g/mol. The van der Waals surface area contributed by atoms with Crippen LogP contribution in [0.1, 0.15) is 57.6 Å². The van der Waals surface area contributed by atoms with Crippen LogP contribution in [-0.4, -0.2) is 68.5 Å². The van der Waals surface area contributed by atoms with Crippen molar-refractivity contribution in [3.05, 3.63) is 72.1 Å². The van der Waals surface area contributed by atoms with Crippen LogP contribution in [0.5, 0.6) is 0 Å². The predicted molar refractivity (Wildman–Crippen MR) is 164 cm³/mol. The van der Waals surface area contributed by atoms with E-state index >= 15 is 0 Å². The number of nitrogens with zero attached hydrogens (tertiary/aromatic N) is 3. The normalized spacial score (nSPS) is 22.8. The lowest BCUT2D eigenvalue weighted by atomic mass is 9.91. The summed E-state index contributed by atoms with van der Waals surface area (Å²) >= 11 is 0. The molecule has 2 heterocycles. The van der Waals surface area contributed by atoms with Crippen LogP contribution in [0.15, 0.2) is 60.9 Å². The van der Waals surface area contributed by atoms with Crippen molar-refractivity contribution in [2.75, 3.05) is 26.0 Å². The number of carbonyl (C=O) groups excluding carboxylic acids is 1. The molecule has 9 heteroatoms. The van der Waals surface area contributed by atoms with Gasteiger partial charge >= 0.3 is 6.09 Å². The molecule has 1 aliphatic heterocycles. The zero-order valence-corrected chi connectivity index (χ0v) is 25.4. The molecule has 0 amide bonds. The van der Waals surface area contributed by atoms with Crippen molar-refractivity contribution < 1.29 is 18.5 Å². The van der Waals surface area contributed by atoms with Gasteiger partial charge in [0.1, 0.15) is 11.9 Å². The summed E-state index contributed by atoms with van der Waals surface area (Å²) in [7, 11) is -1.05. The Balaban J connectivity index is 1.18. The molecule has 2 aliphatic rings. The van der Waals surface area contributed by atoms with Gasteiger partial charge < -0.3 is 9.47 Å². The maximum Gasteiger partial charge on any atom is 0.420 e. The summed E-state index contributed by atoms with van der Waals surface area (Å²) in [6.45, 7) is 9.05. The molecule has 1 saturated heterocycles. The van der Waals surface area contributed by atoms with E-state index in [0.29, 0.717) is 6.61 Å². The molecule has 0 radical (unpaired) electrons. The van der Waals surface area contributed by atoms with Crippen molar-refractivity contribution in [1.29, 1.82) is 0 Å². The topological polar surface area (TPSA) is 85.7 Å². The monoisotopic (exact) mass is 578 g/mol. The van der Waals surface area contributed by atoms with E-state index < -0.39 is 22.7 Å². The number of nitrogens with one attached hydrogen (secondary N) is 1. The van der Waals surface area contributed by atoms with Gasteiger partial charge in [-0.3, -0.25) is 4.90 Å². The molecule has 1 N–H and O–H groups in total. The molecular formula is C32H42N4O4S. The predicted octanol–water partition coefficient (Wildman–Crippen LogP) is 5.55. The number of aromatic nitrogens is 2. The lowest BCUT2D eigenvalue weighted by Gasteiger charge is -2.39. The Morgan fingerprint density at radius 2 is 1.95 bits per heavy atom. The van der Waals surface area contributed by atoms with Gasteiger partial charge in [0.05, 0.1) is 34.7 Å². The van der Waals surface area contributed by atoms with Crippen molar-refractivity contribution in [1.82, 2.24) is 19.2 Å². The van der Waals surface area contributed by atoms with Crippen molar-refractivity contribution in [2.45, 2.75) is 70.7 Å². The van der Waals surface area contributed by atoms with Crippen molar-refractivity contribution in [3.63, 3.8) is 0 Å². The minimum Gasteiger partial charge on any atom is -0.443 e. The van der Waals surface area contributed by atoms with E-state index in [-0.39, 0.29) is 18.1 Å². The second-order valence-corrected chi connectivity index (χ2v) is 13.3. The van der Waals surface area contributed by atoms with Crippen molar-refractivity contribution >= 4 is 33.7 Å². The standard InChI is InChI=1S/C32H42N4O4S/c1-32(2,3)40-31(37)36-22-33-29-18-25(12-15-30(29)36)24-10-13-27(14-11-24)39-21-26-20-35(17-16-28(26)34-41(4)38)19-23-8-6-5-7-9-23/h5-10,12,15,18,22,26-28,34H,11,13-14,16-17,19-21H2,1-4H3. The van der Waals surface area contributed by atoms with Crippen LogP contribution in [0.4, 0.5) is 4.79 Å². The zero-order chi connectivity index (χ0) is 29.0. The SMILES string of the molecule is CS(=O)NC1CCN(Cc2ccccc2)CC1COC1CC=C(c2ccc3c(c2)ncn3C(=O)OC(C)(C)C)CC1. The Morgan fingerprint density at radius 1 is 1.15 bits per heavy atom. The molecule has 220 valence electrons. The fourth-order valence-electron chi connectivity index (χ4n) is 5.78. The van der Waals surface area contributed by atoms with Crippen molar-refractivity contribution in [3.8, 4) is 0 Å². The van der Waals surface area contributed by atoms with Crippen LogP contribution in [0.2, 0.25) is 0 Å². The first-order valence-corrected chi connectivity index (χ1v) is 16.1. The van der Waals surface area contributed by atoms with E-state index in [2.05, 4.69) is 57.1 Å². The highest BCUT2D eigenvalue weighted by Crippen LogP contribution is 2.31. The third-order valence-electron chi connectivity index (χ3n) is 7.80. The fourth-order valence-corrected chi connectivity index (χ4v) is 6.52. The average Bonchev–Trinajstić information content (AvgIpc) is 3.36. The second-order valence-electron chi connectivity index (χ2n) is 12.2. The van der Waals surface area contributed by atoms with Gasteiger partial charge in [-0.05, 0) is 75.3 Å².